The van der Waals surface area contributed by atoms with Crippen molar-refractivity contribution >= 4 is 50.9 Å². The molecule has 0 radical (unpaired) electrons. The molecule has 1 N–H and O–H groups in total. The Kier molecular flexibility index (Phi) is 6.87. The van der Waals surface area contributed by atoms with Crippen LogP contribution in [0.25, 0.3) is 6.08 Å². The van der Waals surface area contributed by atoms with Crippen molar-refractivity contribution < 1.29 is 29.0 Å². The van der Waals surface area contributed by atoms with Gasteiger partial charge in [0.25, 0.3) is 11.1 Å². The van der Waals surface area contributed by atoms with Gasteiger partial charge < -0.3 is 14.6 Å². The zero-order valence-corrected chi connectivity index (χ0v) is 16.3. The molecule has 138 valence electrons. The first-order chi connectivity index (χ1) is 12.4. The number of amides is 2. The lowest BCUT2D eigenvalue weighted by Gasteiger charge is -2.13. The molecule has 1 fully saturated rings. The first-order valence-corrected chi connectivity index (χ1v) is 9.15. The lowest BCUT2D eigenvalue weighted by molar-refractivity contribution is -0.140. The molecule has 0 atom stereocenters. The van der Waals surface area contributed by atoms with Crippen molar-refractivity contribution in [1.82, 2.24) is 4.90 Å². The second-order valence-electron chi connectivity index (χ2n) is 5.02. The van der Waals surface area contributed by atoms with E-state index in [1.165, 1.54) is 6.08 Å². The Morgan fingerprint density at radius 2 is 2.12 bits per heavy atom. The number of nitrogens with zero attached hydrogens (tertiary/aromatic N) is 1. The van der Waals surface area contributed by atoms with Crippen molar-refractivity contribution in [3.8, 4) is 11.5 Å². The third kappa shape index (κ3) is 4.67. The maximum atomic E-state index is 12.2. The van der Waals surface area contributed by atoms with Crippen LogP contribution in [-0.2, 0) is 9.59 Å². The van der Waals surface area contributed by atoms with Crippen LogP contribution in [0.1, 0.15) is 12.5 Å². The van der Waals surface area contributed by atoms with Crippen LogP contribution >= 0.6 is 27.7 Å². The predicted molar refractivity (Wildman–Crippen MR) is 101 cm³/mol. The van der Waals surface area contributed by atoms with Gasteiger partial charge in [-0.05, 0) is 58.4 Å². The van der Waals surface area contributed by atoms with E-state index in [1.54, 1.807) is 18.2 Å². The summed E-state index contributed by atoms with van der Waals surface area (Å²) in [5.74, 6) is -0.912. The van der Waals surface area contributed by atoms with E-state index in [1.807, 2.05) is 6.92 Å². The average Bonchev–Trinajstić information content (AvgIpc) is 2.81. The van der Waals surface area contributed by atoms with E-state index in [2.05, 4.69) is 22.5 Å². The van der Waals surface area contributed by atoms with Gasteiger partial charge in [0.2, 0.25) is 0 Å². The van der Waals surface area contributed by atoms with Crippen molar-refractivity contribution in [2.75, 3.05) is 19.8 Å². The second kappa shape index (κ2) is 8.91. The number of carbonyl (C=O) groups excluding carboxylic acids is 2. The van der Waals surface area contributed by atoms with Gasteiger partial charge in [-0.3, -0.25) is 19.3 Å². The molecular weight excluding hydrogens is 426 g/mol. The molecule has 0 saturated carbocycles. The lowest BCUT2D eigenvalue weighted by Crippen LogP contribution is -2.33. The summed E-state index contributed by atoms with van der Waals surface area (Å²) in [6, 6.07) is 3.39. The number of ether oxygens (including phenoxy) is 2. The fourth-order valence-electron chi connectivity index (χ4n) is 2.14. The number of carbonyl (C=O) groups is 3. The van der Waals surface area contributed by atoms with Crippen LogP contribution in [0.15, 0.2) is 34.2 Å². The molecule has 26 heavy (non-hydrogen) atoms. The number of hydrogen-bond acceptors (Lipinski definition) is 6. The van der Waals surface area contributed by atoms with Gasteiger partial charge in [0.1, 0.15) is 13.2 Å². The normalized spacial score (nSPS) is 15.5. The van der Waals surface area contributed by atoms with Crippen molar-refractivity contribution in [3.63, 3.8) is 0 Å². The lowest BCUT2D eigenvalue weighted by atomic mass is 10.2. The Balaban J connectivity index is 2.35. The summed E-state index contributed by atoms with van der Waals surface area (Å²) in [5.41, 5.74) is 0.604. The predicted octanol–water partition coefficient (Wildman–Crippen LogP) is 3.53. The zero-order chi connectivity index (χ0) is 19.3. The molecule has 2 amide bonds. The molecule has 0 aliphatic carbocycles. The molecule has 1 heterocycles. The van der Waals surface area contributed by atoms with Gasteiger partial charge in [0.05, 0.1) is 16.0 Å². The minimum Gasteiger partial charge on any atom is -0.490 e. The first kappa shape index (κ1) is 20.1. The summed E-state index contributed by atoms with van der Waals surface area (Å²) in [5, 5.41) is 8.19. The molecule has 1 aliphatic rings. The van der Waals surface area contributed by atoms with Crippen LogP contribution in [0.4, 0.5) is 4.79 Å². The van der Waals surface area contributed by atoms with E-state index in [4.69, 9.17) is 14.6 Å². The van der Waals surface area contributed by atoms with Crippen LogP contribution in [0, 0.1) is 0 Å². The number of hydrogen-bond donors (Lipinski definition) is 1. The third-order valence-electron chi connectivity index (χ3n) is 3.14. The highest BCUT2D eigenvalue weighted by molar-refractivity contribution is 9.10. The number of benzene rings is 1. The fraction of sp³-hybridized carbons (Fsp3) is 0.235. The Morgan fingerprint density at radius 1 is 1.38 bits per heavy atom. The van der Waals surface area contributed by atoms with Crippen LogP contribution < -0.4 is 9.47 Å². The van der Waals surface area contributed by atoms with Gasteiger partial charge in [0, 0.05) is 0 Å². The molecule has 1 saturated heterocycles. The van der Waals surface area contributed by atoms with Crippen molar-refractivity contribution in [1.29, 1.82) is 0 Å². The van der Waals surface area contributed by atoms with Crippen molar-refractivity contribution in [3.05, 3.63) is 39.7 Å². The Morgan fingerprint density at radius 3 is 2.73 bits per heavy atom. The van der Waals surface area contributed by atoms with E-state index in [-0.39, 0.29) is 4.91 Å². The van der Waals surface area contributed by atoms with Gasteiger partial charge in [-0.15, -0.1) is 0 Å². The highest BCUT2D eigenvalue weighted by Crippen LogP contribution is 2.39. The monoisotopic (exact) mass is 441 g/mol. The molecule has 2 rings (SSSR count). The summed E-state index contributed by atoms with van der Waals surface area (Å²) >= 11 is 4.10. The number of carboxylic acid groups (broad SMARTS) is 1. The van der Waals surface area contributed by atoms with Crippen LogP contribution in [-0.4, -0.2) is 46.9 Å². The highest BCUT2D eigenvalue weighted by Gasteiger charge is 2.36. The van der Waals surface area contributed by atoms with E-state index < -0.39 is 23.7 Å². The SMILES string of the molecule is C=CCOc1c(Br)cc(/C=C2/SC(=O)N(CC(=O)O)C2=O)cc1OCC. The van der Waals surface area contributed by atoms with E-state index >= 15 is 0 Å². The number of halogens is 1. The largest absolute Gasteiger partial charge is 0.490 e. The quantitative estimate of drug-likeness (QED) is 0.486. The summed E-state index contributed by atoms with van der Waals surface area (Å²) < 4.78 is 11.8. The average molecular weight is 442 g/mol. The van der Waals surface area contributed by atoms with Crippen molar-refractivity contribution in [2.24, 2.45) is 0 Å². The second-order valence-corrected chi connectivity index (χ2v) is 6.87. The molecule has 0 unspecified atom stereocenters. The van der Waals surface area contributed by atoms with Crippen LogP contribution in [0.3, 0.4) is 0 Å². The third-order valence-corrected chi connectivity index (χ3v) is 4.64. The van der Waals surface area contributed by atoms with E-state index in [9.17, 15) is 14.4 Å². The summed E-state index contributed by atoms with van der Waals surface area (Å²) in [4.78, 5) is 35.7. The first-order valence-electron chi connectivity index (χ1n) is 7.54. The van der Waals surface area contributed by atoms with Gasteiger partial charge in [0.15, 0.2) is 11.5 Å². The molecule has 1 aliphatic heterocycles. The number of carboxylic acids is 1. The van der Waals surface area contributed by atoms with E-state index in [0.29, 0.717) is 51.4 Å². The highest BCUT2D eigenvalue weighted by atomic mass is 79.9. The van der Waals surface area contributed by atoms with Gasteiger partial charge in [-0.25, -0.2) is 0 Å². The minimum atomic E-state index is -1.25. The van der Waals surface area contributed by atoms with Gasteiger partial charge in [-0.1, -0.05) is 12.7 Å². The molecule has 1 aromatic rings. The number of imide groups is 1. The number of aliphatic carboxylic acids is 1. The van der Waals surface area contributed by atoms with Gasteiger partial charge in [-0.2, -0.15) is 0 Å². The Hall–Kier alpha value is -2.26. The van der Waals surface area contributed by atoms with Gasteiger partial charge >= 0.3 is 5.97 Å². The van der Waals surface area contributed by atoms with Crippen molar-refractivity contribution in [2.45, 2.75) is 6.92 Å². The smallest absolute Gasteiger partial charge is 0.323 e. The van der Waals surface area contributed by atoms with Crippen LogP contribution in [0.5, 0.6) is 11.5 Å². The molecule has 9 heteroatoms. The summed E-state index contributed by atoms with van der Waals surface area (Å²) in [7, 11) is 0. The molecule has 0 bridgehead atoms. The zero-order valence-electron chi connectivity index (χ0n) is 13.9. The van der Waals surface area contributed by atoms with E-state index in [0.717, 1.165) is 0 Å². The molecular formula is C17H16BrNO6S. The maximum absolute atomic E-state index is 12.2. The minimum absolute atomic E-state index is 0.144. The molecule has 0 spiro atoms. The summed E-state index contributed by atoms with van der Waals surface area (Å²) in [6.45, 7) is 5.48. The standard InChI is InChI=1S/C17H16BrNO6S/c1-3-5-25-15-11(18)6-10(7-12(15)24-4-2)8-13-16(22)19(9-14(20)21)17(23)26-13/h3,6-8H,1,4-5,9H2,2H3,(H,20,21)/b13-8+. The number of rotatable bonds is 8. The molecule has 7 nitrogen and oxygen atoms in total. The Bertz CT molecular complexity index is 792. The van der Waals surface area contributed by atoms with Crippen LogP contribution in [0.2, 0.25) is 0 Å². The Labute approximate surface area is 162 Å². The molecule has 0 aromatic heterocycles. The maximum Gasteiger partial charge on any atom is 0.323 e. The fourth-order valence-corrected chi connectivity index (χ4v) is 3.55. The topological polar surface area (TPSA) is 93.1 Å². The number of thioether (sulfide) groups is 1. The molecule has 1 aromatic carbocycles. The summed E-state index contributed by atoms with van der Waals surface area (Å²) in [6.07, 6.45) is 3.12.